The van der Waals surface area contributed by atoms with Gasteiger partial charge in [0.25, 0.3) is 0 Å². The fourth-order valence-electron chi connectivity index (χ4n) is 2.45. The van der Waals surface area contributed by atoms with Gasteiger partial charge in [0, 0.05) is 11.4 Å². The standard InChI is InChI=1S/C19H18N2/c1-13-2-3-16(14-4-8-17(20)9-5-14)12-19(13)15-6-10-18(21)11-7-15/h2-12H,20-21H2,1H3. The Bertz CT molecular complexity index is 757. The van der Waals surface area contributed by atoms with E-state index in [0.717, 1.165) is 11.4 Å². The van der Waals surface area contributed by atoms with Gasteiger partial charge in [-0.3, -0.25) is 0 Å². The highest BCUT2D eigenvalue weighted by molar-refractivity contribution is 5.76. The maximum absolute atomic E-state index is 5.77. The van der Waals surface area contributed by atoms with Crippen molar-refractivity contribution in [3.05, 3.63) is 72.3 Å². The Labute approximate surface area is 125 Å². The van der Waals surface area contributed by atoms with Gasteiger partial charge < -0.3 is 11.5 Å². The molecule has 2 heteroatoms. The third kappa shape index (κ3) is 2.75. The van der Waals surface area contributed by atoms with Crippen LogP contribution in [0.2, 0.25) is 0 Å². The van der Waals surface area contributed by atoms with Crippen molar-refractivity contribution >= 4 is 11.4 Å². The lowest BCUT2D eigenvalue weighted by atomic mass is 9.95. The van der Waals surface area contributed by atoms with E-state index in [2.05, 4.69) is 37.3 Å². The molecule has 0 bridgehead atoms. The summed E-state index contributed by atoms with van der Waals surface area (Å²) >= 11 is 0. The van der Waals surface area contributed by atoms with Crippen LogP contribution < -0.4 is 11.5 Å². The number of aryl methyl sites for hydroxylation is 1. The van der Waals surface area contributed by atoms with Gasteiger partial charge in [-0.25, -0.2) is 0 Å². The zero-order chi connectivity index (χ0) is 14.8. The molecule has 4 N–H and O–H groups in total. The molecule has 3 aromatic carbocycles. The predicted molar refractivity (Wildman–Crippen MR) is 90.9 cm³/mol. The summed E-state index contributed by atoms with van der Waals surface area (Å²) in [6.07, 6.45) is 0. The van der Waals surface area contributed by atoms with Crippen molar-refractivity contribution in [3.8, 4) is 22.3 Å². The first-order valence-electron chi connectivity index (χ1n) is 6.96. The lowest BCUT2D eigenvalue weighted by molar-refractivity contribution is 1.45. The van der Waals surface area contributed by atoms with E-state index in [1.54, 1.807) is 0 Å². The van der Waals surface area contributed by atoms with Crippen LogP contribution in [-0.2, 0) is 0 Å². The van der Waals surface area contributed by atoms with Crippen LogP contribution in [-0.4, -0.2) is 0 Å². The average molecular weight is 274 g/mol. The molecule has 0 unspecified atom stereocenters. The van der Waals surface area contributed by atoms with E-state index in [1.807, 2.05) is 36.4 Å². The van der Waals surface area contributed by atoms with E-state index in [9.17, 15) is 0 Å². The van der Waals surface area contributed by atoms with Crippen LogP contribution in [0.1, 0.15) is 5.56 Å². The van der Waals surface area contributed by atoms with Crippen molar-refractivity contribution in [2.75, 3.05) is 11.5 Å². The van der Waals surface area contributed by atoms with Crippen molar-refractivity contribution in [3.63, 3.8) is 0 Å². The van der Waals surface area contributed by atoms with Crippen molar-refractivity contribution in [1.82, 2.24) is 0 Å². The summed E-state index contributed by atoms with van der Waals surface area (Å²) in [5, 5.41) is 0. The van der Waals surface area contributed by atoms with Gasteiger partial charge in [0.1, 0.15) is 0 Å². The van der Waals surface area contributed by atoms with Crippen molar-refractivity contribution in [1.29, 1.82) is 0 Å². The Morgan fingerprint density at radius 1 is 0.571 bits per heavy atom. The van der Waals surface area contributed by atoms with E-state index < -0.39 is 0 Å². The molecule has 0 saturated heterocycles. The molecule has 104 valence electrons. The monoisotopic (exact) mass is 274 g/mol. The second-order valence-electron chi connectivity index (χ2n) is 5.27. The third-order valence-corrected chi connectivity index (χ3v) is 3.70. The molecule has 0 radical (unpaired) electrons. The summed E-state index contributed by atoms with van der Waals surface area (Å²) in [7, 11) is 0. The highest BCUT2D eigenvalue weighted by Gasteiger charge is 2.05. The first-order chi connectivity index (χ1) is 10.1. The topological polar surface area (TPSA) is 52.0 Å². The summed E-state index contributed by atoms with van der Waals surface area (Å²) in [5.41, 5.74) is 19.1. The minimum atomic E-state index is 0.782. The minimum absolute atomic E-state index is 0.782. The van der Waals surface area contributed by atoms with Gasteiger partial charge in [0.05, 0.1) is 0 Å². The number of nitrogen functional groups attached to an aromatic ring is 2. The highest BCUT2D eigenvalue weighted by Crippen LogP contribution is 2.30. The number of hydrogen-bond acceptors (Lipinski definition) is 2. The Hall–Kier alpha value is -2.74. The molecule has 2 nitrogen and oxygen atoms in total. The summed E-state index contributed by atoms with van der Waals surface area (Å²) < 4.78 is 0. The van der Waals surface area contributed by atoms with Gasteiger partial charge in [-0.05, 0) is 65.1 Å². The zero-order valence-electron chi connectivity index (χ0n) is 12.0. The normalized spacial score (nSPS) is 10.5. The van der Waals surface area contributed by atoms with Crippen LogP contribution >= 0.6 is 0 Å². The number of nitrogens with two attached hydrogens (primary N) is 2. The van der Waals surface area contributed by atoms with E-state index in [0.29, 0.717) is 0 Å². The van der Waals surface area contributed by atoms with Gasteiger partial charge >= 0.3 is 0 Å². The van der Waals surface area contributed by atoms with E-state index in [-0.39, 0.29) is 0 Å². The van der Waals surface area contributed by atoms with Crippen molar-refractivity contribution < 1.29 is 0 Å². The fraction of sp³-hybridized carbons (Fsp3) is 0.0526. The molecule has 0 fully saturated rings. The molecule has 0 aliphatic heterocycles. The quantitative estimate of drug-likeness (QED) is 0.676. The van der Waals surface area contributed by atoms with Gasteiger partial charge in [-0.15, -0.1) is 0 Å². The molecule has 21 heavy (non-hydrogen) atoms. The molecule has 0 atom stereocenters. The molecule has 0 aliphatic rings. The Morgan fingerprint density at radius 2 is 1.05 bits per heavy atom. The van der Waals surface area contributed by atoms with Crippen LogP contribution in [0.5, 0.6) is 0 Å². The van der Waals surface area contributed by atoms with Gasteiger partial charge in [-0.1, -0.05) is 36.4 Å². The summed E-state index contributed by atoms with van der Waals surface area (Å²) in [4.78, 5) is 0. The number of benzene rings is 3. The van der Waals surface area contributed by atoms with Crippen LogP contribution in [0.3, 0.4) is 0 Å². The minimum Gasteiger partial charge on any atom is -0.399 e. The number of rotatable bonds is 2. The highest BCUT2D eigenvalue weighted by atomic mass is 14.5. The van der Waals surface area contributed by atoms with Crippen LogP contribution in [0.15, 0.2) is 66.7 Å². The molecule has 0 saturated carbocycles. The van der Waals surface area contributed by atoms with E-state index >= 15 is 0 Å². The molecule has 3 rings (SSSR count). The molecule has 3 aromatic rings. The average Bonchev–Trinajstić information content (AvgIpc) is 2.50. The molecular formula is C19H18N2. The molecule has 0 aromatic heterocycles. The van der Waals surface area contributed by atoms with Gasteiger partial charge in [-0.2, -0.15) is 0 Å². The fourth-order valence-corrected chi connectivity index (χ4v) is 2.45. The maximum atomic E-state index is 5.77. The van der Waals surface area contributed by atoms with Gasteiger partial charge in [0.15, 0.2) is 0 Å². The largest absolute Gasteiger partial charge is 0.399 e. The van der Waals surface area contributed by atoms with Crippen LogP contribution in [0.4, 0.5) is 11.4 Å². The van der Waals surface area contributed by atoms with Crippen molar-refractivity contribution in [2.24, 2.45) is 0 Å². The molecule has 0 spiro atoms. The predicted octanol–water partition coefficient (Wildman–Crippen LogP) is 4.49. The summed E-state index contributed by atoms with van der Waals surface area (Å²) in [6, 6.07) is 22.4. The Balaban J connectivity index is 2.07. The molecular weight excluding hydrogens is 256 g/mol. The Kier molecular flexibility index (Phi) is 3.36. The second kappa shape index (κ2) is 5.33. The zero-order valence-corrected chi connectivity index (χ0v) is 12.0. The first kappa shape index (κ1) is 13.3. The number of hydrogen-bond donors (Lipinski definition) is 2. The van der Waals surface area contributed by atoms with Crippen LogP contribution in [0, 0.1) is 6.92 Å². The number of anilines is 2. The Morgan fingerprint density at radius 3 is 1.62 bits per heavy atom. The lowest BCUT2D eigenvalue weighted by Gasteiger charge is -2.10. The molecule has 0 heterocycles. The van der Waals surface area contributed by atoms with Crippen LogP contribution in [0.25, 0.3) is 22.3 Å². The van der Waals surface area contributed by atoms with E-state index in [4.69, 9.17) is 11.5 Å². The molecule has 0 amide bonds. The lowest BCUT2D eigenvalue weighted by Crippen LogP contribution is -1.88. The van der Waals surface area contributed by atoms with E-state index in [1.165, 1.54) is 27.8 Å². The third-order valence-electron chi connectivity index (χ3n) is 3.70. The van der Waals surface area contributed by atoms with Crippen molar-refractivity contribution in [2.45, 2.75) is 6.92 Å². The second-order valence-corrected chi connectivity index (χ2v) is 5.27. The SMILES string of the molecule is Cc1ccc(-c2ccc(N)cc2)cc1-c1ccc(N)cc1. The summed E-state index contributed by atoms with van der Waals surface area (Å²) in [5.74, 6) is 0. The maximum Gasteiger partial charge on any atom is 0.0314 e. The smallest absolute Gasteiger partial charge is 0.0314 e. The first-order valence-corrected chi connectivity index (χ1v) is 6.96. The van der Waals surface area contributed by atoms with Gasteiger partial charge in [0.2, 0.25) is 0 Å². The molecule has 0 aliphatic carbocycles. The summed E-state index contributed by atoms with van der Waals surface area (Å²) in [6.45, 7) is 2.12.